The molecule has 0 saturated carbocycles. The molecule has 1 unspecified atom stereocenters. The molecule has 1 saturated heterocycles. The molecule has 19 heteroatoms. The number of carbonyl (C=O) groups excluding carboxylic acids is 1. The minimum Gasteiger partial charge on any atom is -0.479 e. The smallest absolute Gasteiger partial charge is 0.459 e. The van der Waals surface area contributed by atoms with Gasteiger partial charge in [-0.2, -0.15) is 15.1 Å². The molecule has 232 valence electrons. The maximum atomic E-state index is 14.0. The Balaban J connectivity index is 1.64. The Bertz CT molecular complexity index is 1590. The van der Waals surface area contributed by atoms with Crippen molar-refractivity contribution in [2.24, 2.45) is 5.11 Å². The van der Waals surface area contributed by atoms with Crippen LogP contribution in [0.25, 0.3) is 21.6 Å². The zero-order valence-electron chi connectivity index (χ0n) is 23.8. The minimum absolute atomic E-state index is 0.00483. The highest BCUT2D eigenvalue weighted by molar-refractivity contribution is 7.52. The van der Waals surface area contributed by atoms with Gasteiger partial charge in [0.25, 0.3) is 0 Å². The largest absolute Gasteiger partial charge is 0.479 e. The first kappa shape index (κ1) is 32.2. The molecule has 1 fully saturated rings. The number of benzene rings is 1. The second kappa shape index (κ2) is 12.9. The first-order chi connectivity index (χ1) is 20.3. The number of esters is 1. The van der Waals surface area contributed by atoms with E-state index < -0.39 is 56.4 Å². The van der Waals surface area contributed by atoms with Crippen molar-refractivity contribution in [2.75, 3.05) is 19.5 Å². The van der Waals surface area contributed by atoms with Gasteiger partial charge in [-0.15, -0.1) is 0 Å². The number of para-hydroxylation sites is 1. The van der Waals surface area contributed by atoms with E-state index in [2.05, 4.69) is 30.1 Å². The molecule has 3 aromatic rings. The predicted molar refractivity (Wildman–Crippen MR) is 153 cm³/mol. The Morgan fingerprint density at radius 2 is 2.09 bits per heavy atom. The fourth-order valence-corrected chi connectivity index (χ4v) is 6.09. The fourth-order valence-electron chi connectivity index (χ4n) is 4.34. The molecular formula is C24H31ClN9O8P. The highest BCUT2D eigenvalue weighted by atomic mass is 35.5. The van der Waals surface area contributed by atoms with Crippen LogP contribution in [0, 0.1) is 0 Å². The van der Waals surface area contributed by atoms with Gasteiger partial charge in [0.15, 0.2) is 17.4 Å². The van der Waals surface area contributed by atoms with Gasteiger partial charge < -0.3 is 29.6 Å². The number of halogens is 1. The maximum Gasteiger partial charge on any atom is 0.459 e. The SMILES string of the molecule is COc1nc(N)nc2c1ncn2[C@@H]1O[C@H](COP(=O)(N[C@@H](C)C(=O)OC(C)C)Oc2ccccc2Cl)[C@@H](O)[C@@]1(C)N=[N+]=[N-]. The summed E-state index contributed by atoms with van der Waals surface area (Å²) in [6, 6.07) is 5.08. The second-order valence-electron chi connectivity index (χ2n) is 9.95. The molecule has 1 aliphatic rings. The van der Waals surface area contributed by atoms with Gasteiger partial charge in [0, 0.05) is 4.91 Å². The van der Waals surface area contributed by atoms with Gasteiger partial charge >= 0.3 is 13.7 Å². The number of ether oxygens (including phenoxy) is 3. The average Bonchev–Trinajstić information content (AvgIpc) is 3.46. The van der Waals surface area contributed by atoms with Crippen LogP contribution >= 0.6 is 19.3 Å². The molecule has 0 aliphatic carbocycles. The fraction of sp³-hybridized carbons (Fsp3) is 0.500. The minimum atomic E-state index is -4.40. The van der Waals surface area contributed by atoms with E-state index in [1.165, 1.54) is 44.0 Å². The topological polar surface area (TPSA) is 231 Å². The summed E-state index contributed by atoms with van der Waals surface area (Å²) in [7, 11) is -3.01. The normalized spacial score (nSPS) is 23.9. The Morgan fingerprint density at radius 1 is 1.37 bits per heavy atom. The lowest BCUT2D eigenvalue weighted by atomic mass is 9.93. The standard InChI is InChI=1S/C24H31ClN9O8P/c1-12(2)40-21(36)13(3)31-43(37,42-15-9-7-6-8-14(15)25)39-10-16-18(35)24(4,32-33-27)22(41-16)34-11-28-17-19(34)29-23(26)30-20(17)38-5/h6-9,11-13,16,18,22,35H,10H2,1-5H3,(H,31,37)(H2,26,29,30)/t13-,16+,18+,22+,24+,43?/m0/s1. The van der Waals surface area contributed by atoms with Crippen molar-refractivity contribution >= 4 is 42.4 Å². The Hall–Kier alpha value is -3.69. The summed E-state index contributed by atoms with van der Waals surface area (Å²) in [5.74, 6) is -0.730. The van der Waals surface area contributed by atoms with Crippen LogP contribution in [0.4, 0.5) is 5.95 Å². The maximum absolute atomic E-state index is 14.0. The number of anilines is 1. The number of aromatic nitrogens is 4. The molecule has 1 aromatic carbocycles. The number of carbonyl (C=O) groups is 1. The number of nitrogens with one attached hydrogen (secondary N) is 1. The van der Waals surface area contributed by atoms with Crippen molar-refractivity contribution in [3.8, 4) is 11.6 Å². The lowest BCUT2D eigenvalue weighted by Gasteiger charge is -2.28. The summed E-state index contributed by atoms with van der Waals surface area (Å²) in [5.41, 5.74) is 14.0. The van der Waals surface area contributed by atoms with Crippen molar-refractivity contribution in [3.05, 3.63) is 46.1 Å². The molecule has 0 amide bonds. The third-order valence-electron chi connectivity index (χ3n) is 6.39. The van der Waals surface area contributed by atoms with Crippen molar-refractivity contribution in [1.29, 1.82) is 0 Å². The molecule has 3 heterocycles. The highest BCUT2D eigenvalue weighted by Gasteiger charge is 2.55. The lowest BCUT2D eigenvalue weighted by molar-refractivity contribution is -0.149. The Kier molecular flexibility index (Phi) is 9.66. The van der Waals surface area contributed by atoms with Crippen LogP contribution in [-0.2, 0) is 23.4 Å². The molecular weight excluding hydrogens is 609 g/mol. The average molecular weight is 640 g/mol. The van der Waals surface area contributed by atoms with Crippen LogP contribution in [-0.4, -0.2) is 74.2 Å². The van der Waals surface area contributed by atoms with Gasteiger partial charge in [0.2, 0.25) is 11.8 Å². The van der Waals surface area contributed by atoms with E-state index in [-0.39, 0.29) is 33.8 Å². The first-order valence-electron chi connectivity index (χ1n) is 12.9. The zero-order valence-corrected chi connectivity index (χ0v) is 25.5. The highest BCUT2D eigenvalue weighted by Crippen LogP contribution is 2.49. The number of methoxy groups -OCH3 is 1. The number of nitrogen functional groups attached to an aromatic ring is 1. The van der Waals surface area contributed by atoms with Crippen molar-refractivity contribution in [1.82, 2.24) is 24.6 Å². The molecule has 0 bridgehead atoms. The summed E-state index contributed by atoms with van der Waals surface area (Å²) in [6.07, 6.45) is -3.01. The van der Waals surface area contributed by atoms with Crippen LogP contribution in [0.15, 0.2) is 35.7 Å². The number of hydrogen-bond donors (Lipinski definition) is 3. The monoisotopic (exact) mass is 639 g/mol. The molecule has 6 atom stereocenters. The van der Waals surface area contributed by atoms with Gasteiger partial charge in [-0.25, -0.2) is 9.55 Å². The van der Waals surface area contributed by atoms with Gasteiger partial charge in [-0.1, -0.05) is 28.8 Å². The van der Waals surface area contributed by atoms with E-state index in [9.17, 15) is 20.0 Å². The zero-order chi connectivity index (χ0) is 31.5. The molecule has 1 aliphatic heterocycles. The van der Waals surface area contributed by atoms with Crippen LogP contribution in [0.5, 0.6) is 11.6 Å². The number of nitrogens with zero attached hydrogens (tertiary/aromatic N) is 7. The molecule has 4 N–H and O–H groups in total. The van der Waals surface area contributed by atoms with Crippen molar-refractivity contribution in [2.45, 2.75) is 63.8 Å². The number of aliphatic hydroxyl groups is 1. The summed E-state index contributed by atoms with van der Waals surface area (Å²) in [4.78, 5) is 27.8. The number of imidazole rings is 1. The van der Waals surface area contributed by atoms with Gasteiger partial charge in [-0.3, -0.25) is 13.9 Å². The van der Waals surface area contributed by atoms with Crippen molar-refractivity contribution < 1.29 is 37.7 Å². The number of hydrogen-bond acceptors (Lipinski definition) is 13. The van der Waals surface area contributed by atoms with E-state index in [0.717, 1.165) is 0 Å². The number of azide groups is 1. The molecule has 43 heavy (non-hydrogen) atoms. The molecule has 0 radical (unpaired) electrons. The Morgan fingerprint density at radius 3 is 2.74 bits per heavy atom. The van der Waals surface area contributed by atoms with E-state index in [0.29, 0.717) is 0 Å². The number of rotatable bonds is 12. The molecule has 17 nitrogen and oxygen atoms in total. The lowest BCUT2D eigenvalue weighted by Crippen LogP contribution is -2.43. The summed E-state index contributed by atoms with van der Waals surface area (Å²) in [5, 5.41) is 17.8. The van der Waals surface area contributed by atoms with Gasteiger partial charge in [0.05, 0.1) is 37.3 Å². The van der Waals surface area contributed by atoms with Crippen LogP contribution in [0.1, 0.15) is 33.9 Å². The van der Waals surface area contributed by atoms with Gasteiger partial charge in [0.1, 0.15) is 23.4 Å². The van der Waals surface area contributed by atoms with Crippen molar-refractivity contribution in [3.63, 3.8) is 0 Å². The van der Waals surface area contributed by atoms with Gasteiger partial charge in [-0.05, 0) is 45.4 Å². The van der Waals surface area contributed by atoms with Crippen LogP contribution < -0.4 is 20.1 Å². The third kappa shape index (κ3) is 6.78. The Labute approximate surface area is 250 Å². The number of fused-ring (bicyclic) bond motifs is 1. The first-order valence-corrected chi connectivity index (χ1v) is 14.8. The summed E-state index contributed by atoms with van der Waals surface area (Å²) >= 11 is 6.21. The van der Waals surface area contributed by atoms with E-state index in [1.54, 1.807) is 26.0 Å². The molecule has 0 spiro atoms. The number of nitrogens with two attached hydrogens (primary N) is 1. The summed E-state index contributed by atoms with van der Waals surface area (Å²) in [6.45, 7) is 5.64. The third-order valence-corrected chi connectivity index (χ3v) is 8.33. The number of aliphatic hydroxyl groups excluding tert-OH is 1. The molecule has 4 rings (SSSR count). The van der Waals surface area contributed by atoms with E-state index in [4.69, 9.17) is 40.6 Å². The summed E-state index contributed by atoms with van der Waals surface area (Å²) < 4.78 is 43.2. The predicted octanol–water partition coefficient (Wildman–Crippen LogP) is 3.53. The quantitative estimate of drug-likeness (QED) is 0.0847. The van der Waals surface area contributed by atoms with E-state index >= 15 is 0 Å². The van der Waals surface area contributed by atoms with E-state index in [1.807, 2.05) is 0 Å². The van der Waals surface area contributed by atoms with Crippen LogP contribution in [0.2, 0.25) is 5.02 Å². The molecule has 2 aromatic heterocycles. The van der Waals surface area contributed by atoms with Crippen LogP contribution in [0.3, 0.4) is 0 Å². The second-order valence-corrected chi connectivity index (χ2v) is 12.1.